The molecule has 0 unspecified atom stereocenters. The summed E-state index contributed by atoms with van der Waals surface area (Å²) in [5, 5.41) is 2.85. The van der Waals surface area contributed by atoms with Crippen LogP contribution < -0.4 is 11.1 Å². The van der Waals surface area contributed by atoms with Crippen LogP contribution in [0.2, 0.25) is 0 Å². The lowest BCUT2D eigenvalue weighted by atomic mass is 10.0. The second-order valence-corrected chi connectivity index (χ2v) is 11.1. The fourth-order valence-corrected chi connectivity index (χ4v) is 5.64. The number of benzene rings is 4. The SMILES string of the molecule is Cc1ccccc1-c1ccc(S(=O)(=O)N(CCc2ccccc2)CC(=O)NCc2ccc(CN)cc2)cc1. The second kappa shape index (κ2) is 12.6. The lowest BCUT2D eigenvalue weighted by Crippen LogP contribution is -2.41. The summed E-state index contributed by atoms with van der Waals surface area (Å²) in [6.45, 7) is 2.70. The first-order chi connectivity index (χ1) is 18.4. The number of nitrogens with zero attached hydrogens (tertiary/aromatic N) is 1. The Kier molecular flexibility index (Phi) is 9.07. The zero-order valence-corrected chi connectivity index (χ0v) is 22.3. The molecule has 7 heteroatoms. The molecule has 0 saturated heterocycles. The maximum atomic E-state index is 13.7. The number of nitrogens with one attached hydrogen (secondary N) is 1. The van der Waals surface area contributed by atoms with Gasteiger partial charge in [-0.05, 0) is 58.9 Å². The number of aryl methyl sites for hydroxylation is 1. The quantitative estimate of drug-likeness (QED) is 0.297. The topological polar surface area (TPSA) is 92.5 Å². The Morgan fingerprint density at radius 2 is 1.42 bits per heavy atom. The van der Waals surface area contributed by atoms with E-state index in [1.807, 2.05) is 97.9 Å². The number of amides is 1. The molecule has 0 spiro atoms. The molecule has 0 atom stereocenters. The van der Waals surface area contributed by atoms with E-state index in [0.29, 0.717) is 19.5 Å². The lowest BCUT2D eigenvalue weighted by molar-refractivity contribution is -0.121. The van der Waals surface area contributed by atoms with Crippen LogP contribution in [-0.2, 0) is 34.3 Å². The van der Waals surface area contributed by atoms with Crippen molar-refractivity contribution in [3.05, 3.63) is 125 Å². The number of sulfonamides is 1. The summed E-state index contributed by atoms with van der Waals surface area (Å²) in [5.74, 6) is -0.360. The normalized spacial score (nSPS) is 11.4. The molecule has 0 aliphatic heterocycles. The molecule has 0 heterocycles. The monoisotopic (exact) mass is 527 g/mol. The molecule has 4 aromatic carbocycles. The van der Waals surface area contributed by atoms with Gasteiger partial charge in [-0.2, -0.15) is 4.31 Å². The van der Waals surface area contributed by atoms with Gasteiger partial charge in [0.15, 0.2) is 0 Å². The number of carbonyl (C=O) groups is 1. The van der Waals surface area contributed by atoms with Gasteiger partial charge in [-0.3, -0.25) is 4.79 Å². The van der Waals surface area contributed by atoms with Crippen molar-refractivity contribution in [1.82, 2.24) is 9.62 Å². The van der Waals surface area contributed by atoms with E-state index >= 15 is 0 Å². The maximum absolute atomic E-state index is 13.7. The van der Waals surface area contributed by atoms with Crippen LogP contribution >= 0.6 is 0 Å². The van der Waals surface area contributed by atoms with Gasteiger partial charge in [0, 0.05) is 19.6 Å². The molecule has 6 nitrogen and oxygen atoms in total. The van der Waals surface area contributed by atoms with E-state index in [2.05, 4.69) is 5.32 Å². The molecule has 0 bridgehead atoms. The van der Waals surface area contributed by atoms with Crippen LogP contribution in [0.3, 0.4) is 0 Å². The highest BCUT2D eigenvalue weighted by Crippen LogP contribution is 2.25. The predicted octanol–water partition coefficient (Wildman–Crippen LogP) is 4.67. The summed E-state index contributed by atoms with van der Waals surface area (Å²) in [4.78, 5) is 13.0. The number of hydrogen-bond donors (Lipinski definition) is 2. The van der Waals surface area contributed by atoms with Crippen molar-refractivity contribution in [1.29, 1.82) is 0 Å². The average Bonchev–Trinajstić information content (AvgIpc) is 2.95. The lowest BCUT2D eigenvalue weighted by Gasteiger charge is -2.22. The predicted molar refractivity (Wildman–Crippen MR) is 152 cm³/mol. The molecular formula is C31H33N3O3S. The zero-order valence-electron chi connectivity index (χ0n) is 21.5. The highest BCUT2D eigenvalue weighted by molar-refractivity contribution is 7.89. The maximum Gasteiger partial charge on any atom is 0.243 e. The third-order valence-electron chi connectivity index (χ3n) is 6.51. The van der Waals surface area contributed by atoms with Crippen LogP contribution in [0.4, 0.5) is 0 Å². The van der Waals surface area contributed by atoms with Gasteiger partial charge in [0.1, 0.15) is 0 Å². The Labute approximate surface area is 225 Å². The van der Waals surface area contributed by atoms with Crippen LogP contribution in [0.25, 0.3) is 11.1 Å². The summed E-state index contributed by atoms with van der Waals surface area (Å²) in [6.07, 6.45) is 0.495. The van der Waals surface area contributed by atoms with E-state index in [0.717, 1.165) is 33.4 Å². The Hall–Kier alpha value is -3.78. The Balaban J connectivity index is 1.51. The van der Waals surface area contributed by atoms with Gasteiger partial charge in [-0.1, -0.05) is 91.0 Å². The average molecular weight is 528 g/mol. The summed E-state index contributed by atoms with van der Waals surface area (Å²) in [6, 6.07) is 32.1. The van der Waals surface area contributed by atoms with Crippen molar-refractivity contribution in [2.75, 3.05) is 13.1 Å². The van der Waals surface area contributed by atoms with Crippen LogP contribution in [0.5, 0.6) is 0 Å². The summed E-state index contributed by atoms with van der Waals surface area (Å²) in [5.41, 5.74) is 11.7. The smallest absolute Gasteiger partial charge is 0.243 e. The van der Waals surface area contributed by atoms with Crippen molar-refractivity contribution in [2.24, 2.45) is 5.73 Å². The first-order valence-corrected chi connectivity index (χ1v) is 14.1. The third kappa shape index (κ3) is 6.95. The fraction of sp³-hybridized carbons (Fsp3) is 0.194. The summed E-state index contributed by atoms with van der Waals surface area (Å²) < 4.78 is 28.6. The zero-order chi connectivity index (χ0) is 27.0. The summed E-state index contributed by atoms with van der Waals surface area (Å²) >= 11 is 0. The standard InChI is InChI=1S/C31H33N3O3S/c1-24-7-5-6-10-30(24)28-15-17-29(18-16-28)38(36,37)34(20-19-25-8-3-2-4-9-25)23-31(35)33-22-27-13-11-26(21-32)12-14-27/h2-18H,19-23,32H2,1H3,(H,33,35). The summed E-state index contributed by atoms with van der Waals surface area (Å²) in [7, 11) is -3.91. The highest BCUT2D eigenvalue weighted by Gasteiger charge is 2.26. The van der Waals surface area contributed by atoms with Gasteiger partial charge in [0.25, 0.3) is 0 Å². The molecule has 0 aliphatic carbocycles. The van der Waals surface area contributed by atoms with E-state index in [1.165, 1.54) is 4.31 Å². The van der Waals surface area contributed by atoms with Gasteiger partial charge in [-0.25, -0.2) is 8.42 Å². The largest absolute Gasteiger partial charge is 0.351 e. The number of nitrogens with two attached hydrogens (primary N) is 1. The molecule has 38 heavy (non-hydrogen) atoms. The molecule has 0 aromatic heterocycles. The molecule has 196 valence electrons. The minimum atomic E-state index is -3.91. The molecule has 4 aromatic rings. The Morgan fingerprint density at radius 1 is 0.789 bits per heavy atom. The van der Waals surface area contributed by atoms with Gasteiger partial charge in [0.2, 0.25) is 15.9 Å². The first kappa shape index (κ1) is 27.3. The van der Waals surface area contributed by atoms with Crippen molar-refractivity contribution in [3.8, 4) is 11.1 Å². The van der Waals surface area contributed by atoms with Crippen LogP contribution in [-0.4, -0.2) is 31.7 Å². The van der Waals surface area contributed by atoms with E-state index in [1.54, 1.807) is 12.1 Å². The molecule has 1 amide bonds. The van der Waals surface area contributed by atoms with Gasteiger partial charge in [-0.15, -0.1) is 0 Å². The van der Waals surface area contributed by atoms with E-state index in [-0.39, 0.29) is 23.9 Å². The number of carbonyl (C=O) groups excluding carboxylic acids is 1. The van der Waals surface area contributed by atoms with Crippen LogP contribution in [0.15, 0.2) is 108 Å². The van der Waals surface area contributed by atoms with Crippen molar-refractivity contribution in [3.63, 3.8) is 0 Å². The minimum absolute atomic E-state index is 0.160. The van der Waals surface area contributed by atoms with Crippen molar-refractivity contribution in [2.45, 2.75) is 31.3 Å². The molecule has 0 radical (unpaired) electrons. The van der Waals surface area contributed by atoms with Crippen molar-refractivity contribution < 1.29 is 13.2 Å². The molecule has 0 saturated carbocycles. The number of rotatable bonds is 11. The highest BCUT2D eigenvalue weighted by atomic mass is 32.2. The molecule has 0 fully saturated rings. The molecule has 0 aliphatic rings. The first-order valence-electron chi connectivity index (χ1n) is 12.6. The van der Waals surface area contributed by atoms with Crippen molar-refractivity contribution >= 4 is 15.9 Å². The van der Waals surface area contributed by atoms with E-state index < -0.39 is 10.0 Å². The Bertz CT molecular complexity index is 1450. The second-order valence-electron chi connectivity index (χ2n) is 9.21. The van der Waals surface area contributed by atoms with Gasteiger partial charge >= 0.3 is 0 Å². The Morgan fingerprint density at radius 3 is 2.08 bits per heavy atom. The van der Waals surface area contributed by atoms with Crippen LogP contribution in [0.1, 0.15) is 22.3 Å². The van der Waals surface area contributed by atoms with Gasteiger partial charge < -0.3 is 11.1 Å². The van der Waals surface area contributed by atoms with E-state index in [9.17, 15) is 13.2 Å². The molecule has 4 rings (SSSR count). The fourth-order valence-electron chi connectivity index (χ4n) is 4.24. The third-order valence-corrected chi connectivity index (χ3v) is 8.37. The number of hydrogen-bond acceptors (Lipinski definition) is 4. The molecule has 3 N–H and O–H groups in total. The van der Waals surface area contributed by atoms with E-state index in [4.69, 9.17) is 5.73 Å². The molecular weight excluding hydrogens is 494 g/mol. The van der Waals surface area contributed by atoms with Gasteiger partial charge in [0.05, 0.1) is 11.4 Å². The minimum Gasteiger partial charge on any atom is -0.351 e. The van der Waals surface area contributed by atoms with Crippen LogP contribution in [0, 0.1) is 6.92 Å².